The fourth-order valence-electron chi connectivity index (χ4n) is 3.42. The Hall–Kier alpha value is -2.14. The number of rotatable bonds is 7. The van der Waals surface area contributed by atoms with Crippen LogP contribution in [0.15, 0.2) is 43.0 Å². The van der Waals surface area contributed by atoms with E-state index in [0.29, 0.717) is 0 Å². The van der Waals surface area contributed by atoms with Crippen LogP contribution in [0.5, 0.6) is 0 Å². The van der Waals surface area contributed by atoms with Crippen LogP contribution < -0.4 is 5.32 Å². The van der Waals surface area contributed by atoms with Gasteiger partial charge in [-0.3, -0.25) is 9.69 Å². The van der Waals surface area contributed by atoms with Crippen molar-refractivity contribution in [1.82, 2.24) is 19.8 Å². The van der Waals surface area contributed by atoms with Gasteiger partial charge in [-0.05, 0) is 50.4 Å². The molecule has 1 aromatic heterocycles. The van der Waals surface area contributed by atoms with Crippen LogP contribution in [0.1, 0.15) is 30.4 Å². The SMILES string of the molecule is Cc1ccccc1CN1CCC(C(=O)NCCCn2ccnc2)CC1. The van der Waals surface area contributed by atoms with Crippen LogP contribution in [0.25, 0.3) is 0 Å². The quantitative estimate of drug-likeness (QED) is 0.788. The number of carbonyl (C=O) groups excluding carboxylic acids is 1. The summed E-state index contributed by atoms with van der Waals surface area (Å²) >= 11 is 0. The first kappa shape index (κ1) is 17.7. The predicted molar refractivity (Wildman–Crippen MR) is 99.0 cm³/mol. The minimum atomic E-state index is 0.168. The lowest BCUT2D eigenvalue weighted by molar-refractivity contribution is -0.126. The van der Waals surface area contributed by atoms with Crippen molar-refractivity contribution in [3.05, 3.63) is 54.1 Å². The zero-order chi connectivity index (χ0) is 17.5. The average molecular weight is 340 g/mol. The van der Waals surface area contributed by atoms with Gasteiger partial charge in [-0.1, -0.05) is 24.3 Å². The summed E-state index contributed by atoms with van der Waals surface area (Å²) in [4.78, 5) is 18.8. The third-order valence-corrected chi connectivity index (χ3v) is 5.07. The van der Waals surface area contributed by atoms with Crippen LogP contribution in [0.3, 0.4) is 0 Å². The van der Waals surface area contributed by atoms with Crippen molar-refractivity contribution < 1.29 is 4.79 Å². The number of piperidine rings is 1. The Morgan fingerprint density at radius 3 is 2.80 bits per heavy atom. The maximum atomic E-state index is 12.3. The van der Waals surface area contributed by atoms with Crippen LogP contribution in [0, 0.1) is 12.8 Å². The highest BCUT2D eigenvalue weighted by Gasteiger charge is 2.24. The van der Waals surface area contributed by atoms with E-state index in [2.05, 4.69) is 46.4 Å². The smallest absolute Gasteiger partial charge is 0.223 e. The van der Waals surface area contributed by atoms with Crippen LogP contribution in [-0.4, -0.2) is 40.0 Å². The Morgan fingerprint density at radius 1 is 1.28 bits per heavy atom. The molecule has 5 nitrogen and oxygen atoms in total. The van der Waals surface area contributed by atoms with Gasteiger partial charge < -0.3 is 9.88 Å². The Morgan fingerprint density at radius 2 is 2.08 bits per heavy atom. The molecule has 5 heteroatoms. The number of amides is 1. The summed E-state index contributed by atoms with van der Waals surface area (Å²) in [7, 11) is 0. The van der Waals surface area contributed by atoms with E-state index in [-0.39, 0.29) is 11.8 Å². The Labute approximate surface area is 150 Å². The molecule has 0 atom stereocenters. The summed E-state index contributed by atoms with van der Waals surface area (Å²) in [5.41, 5.74) is 2.74. The summed E-state index contributed by atoms with van der Waals surface area (Å²) in [6.45, 7) is 6.80. The maximum absolute atomic E-state index is 12.3. The van der Waals surface area contributed by atoms with Crippen molar-refractivity contribution in [3.63, 3.8) is 0 Å². The molecule has 1 N–H and O–H groups in total. The molecule has 0 aliphatic carbocycles. The van der Waals surface area contributed by atoms with Gasteiger partial charge in [0, 0.05) is 37.9 Å². The molecule has 1 fully saturated rings. The number of benzene rings is 1. The summed E-state index contributed by atoms with van der Waals surface area (Å²) < 4.78 is 2.04. The maximum Gasteiger partial charge on any atom is 0.223 e. The lowest BCUT2D eigenvalue weighted by Gasteiger charge is -2.31. The van der Waals surface area contributed by atoms with Gasteiger partial charge in [-0.25, -0.2) is 4.98 Å². The van der Waals surface area contributed by atoms with E-state index in [1.54, 1.807) is 6.20 Å². The number of aromatic nitrogens is 2. The number of carbonyl (C=O) groups is 1. The van der Waals surface area contributed by atoms with Crippen molar-refractivity contribution in [3.8, 4) is 0 Å². The molecular formula is C20H28N4O. The van der Waals surface area contributed by atoms with Crippen molar-refractivity contribution in [2.45, 2.75) is 39.3 Å². The van der Waals surface area contributed by atoms with E-state index >= 15 is 0 Å². The number of imidazole rings is 1. The zero-order valence-electron chi connectivity index (χ0n) is 15.0. The van der Waals surface area contributed by atoms with Gasteiger partial charge in [0.1, 0.15) is 0 Å². The number of nitrogens with one attached hydrogen (secondary N) is 1. The first-order valence-electron chi connectivity index (χ1n) is 9.22. The van der Waals surface area contributed by atoms with Gasteiger partial charge in [0.15, 0.2) is 0 Å². The lowest BCUT2D eigenvalue weighted by Crippen LogP contribution is -2.40. The first-order chi connectivity index (χ1) is 12.2. The minimum Gasteiger partial charge on any atom is -0.356 e. The van der Waals surface area contributed by atoms with Crippen LogP contribution in [-0.2, 0) is 17.9 Å². The van der Waals surface area contributed by atoms with E-state index in [4.69, 9.17) is 0 Å². The molecule has 1 aliphatic heterocycles. The third-order valence-electron chi connectivity index (χ3n) is 5.07. The highest BCUT2D eigenvalue weighted by molar-refractivity contribution is 5.78. The molecule has 0 radical (unpaired) electrons. The van der Waals surface area contributed by atoms with Crippen LogP contribution >= 0.6 is 0 Å². The molecule has 1 aromatic carbocycles. The molecule has 1 saturated heterocycles. The van der Waals surface area contributed by atoms with E-state index in [1.807, 2.05) is 17.1 Å². The van der Waals surface area contributed by atoms with Crippen LogP contribution in [0.2, 0.25) is 0 Å². The van der Waals surface area contributed by atoms with Gasteiger partial charge in [-0.15, -0.1) is 0 Å². The number of hydrogen-bond acceptors (Lipinski definition) is 3. The van der Waals surface area contributed by atoms with Gasteiger partial charge >= 0.3 is 0 Å². The molecule has 3 rings (SSSR count). The second kappa shape index (κ2) is 8.81. The predicted octanol–water partition coefficient (Wildman–Crippen LogP) is 2.61. The first-order valence-corrected chi connectivity index (χ1v) is 9.22. The molecule has 2 heterocycles. The van der Waals surface area contributed by atoms with E-state index in [1.165, 1.54) is 11.1 Å². The minimum absolute atomic E-state index is 0.168. The third kappa shape index (κ3) is 5.16. The molecule has 25 heavy (non-hydrogen) atoms. The largest absolute Gasteiger partial charge is 0.356 e. The van der Waals surface area contributed by atoms with Gasteiger partial charge in [0.25, 0.3) is 0 Å². The standard InChI is InChI=1S/C20H28N4O/c1-17-5-2-3-6-19(17)15-23-12-7-18(8-13-23)20(25)22-9-4-11-24-14-10-21-16-24/h2-3,5-6,10,14,16,18H,4,7-9,11-13,15H2,1H3,(H,22,25). The Bertz CT molecular complexity index is 660. The molecular weight excluding hydrogens is 312 g/mol. The van der Waals surface area contributed by atoms with E-state index in [0.717, 1.165) is 52.0 Å². The summed E-state index contributed by atoms with van der Waals surface area (Å²) in [6.07, 6.45) is 8.40. The second-order valence-corrected chi connectivity index (χ2v) is 6.92. The molecule has 0 saturated carbocycles. The normalized spacial score (nSPS) is 16.0. The van der Waals surface area contributed by atoms with Crippen molar-refractivity contribution in [2.24, 2.45) is 5.92 Å². The van der Waals surface area contributed by atoms with Crippen LogP contribution in [0.4, 0.5) is 0 Å². The molecule has 0 bridgehead atoms. The van der Waals surface area contributed by atoms with E-state index in [9.17, 15) is 4.79 Å². The fourth-order valence-corrected chi connectivity index (χ4v) is 3.42. The molecule has 0 spiro atoms. The van der Waals surface area contributed by atoms with Gasteiger partial charge in [-0.2, -0.15) is 0 Å². The number of likely N-dealkylation sites (tertiary alicyclic amines) is 1. The Kier molecular flexibility index (Phi) is 6.23. The monoisotopic (exact) mass is 340 g/mol. The van der Waals surface area contributed by atoms with Crippen molar-refractivity contribution in [2.75, 3.05) is 19.6 Å². The second-order valence-electron chi connectivity index (χ2n) is 6.92. The van der Waals surface area contributed by atoms with Gasteiger partial charge in [0.2, 0.25) is 5.91 Å². The molecule has 134 valence electrons. The highest BCUT2D eigenvalue weighted by atomic mass is 16.1. The lowest BCUT2D eigenvalue weighted by atomic mass is 9.95. The Balaban J connectivity index is 1.35. The zero-order valence-corrected chi connectivity index (χ0v) is 15.0. The highest BCUT2D eigenvalue weighted by Crippen LogP contribution is 2.20. The summed E-state index contributed by atoms with van der Waals surface area (Å²) in [6, 6.07) is 8.56. The fraction of sp³-hybridized carbons (Fsp3) is 0.500. The molecule has 0 unspecified atom stereocenters. The average Bonchev–Trinajstić information content (AvgIpc) is 3.15. The summed E-state index contributed by atoms with van der Waals surface area (Å²) in [5, 5.41) is 3.10. The number of aryl methyl sites for hydroxylation is 2. The number of hydrogen-bond donors (Lipinski definition) is 1. The van der Waals surface area contributed by atoms with Crippen molar-refractivity contribution in [1.29, 1.82) is 0 Å². The van der Waals surface area contributed by atoms with Crippen molar-refractivity contribution >= 4 is 5.91 Å². The van der Waals surface area contributed by atoms with Gasteiger partial charge in [0.05, 0.1) is 6.33 Å². The molecule has 1 amide bonds. The number of nitrogens with zero attached hydrogens (tertiary/aromatic N) is 3. The molecule has 1 aliphatic rings. The summed E-state index contributed by atoms with van der Waals surface area (Å²) in [5.74, 6) is 0.391. The topological polar surface area (TPSA) is 50.2 Å². The van der Waals surface area contributed by atoms with E-state index < -0.39 is 0 Å². The molecule has 2 aromatic rings.